The first-order valence-electron chi connectivity index (χ1n) is 13.9. The van der Waals surface area contributed by atoms with Crippen molar-refractivity contribution in [2.45, 2.75) is 51.6 Å². The molecule has 3 aromatic carbocycles. The summed E-state index contributed by atoms with van der Waals surface area (Å²) in [5.74, 6) is -0.446. The van der Waals surface area contributed by atoms with E-state index in [-0.39, 0.29) is 66.2 Å². The fraction of sp³-hybridized carbons (Fsp3) is 0.344. The van der Waals surface area contributed by atoms with Crippen LogP contribution in [0, 0.1) is 0 Å². The minimum Gasteiger partial charge on any atom is -0.508 e. The molecule has 42 heavy (non-hydrogen) atoms. The van der Waals surface area contributed by atoms with Crippen molar-refractivity contribution in [1.29, 1.82) is 0 Å². The lowest BCUT2D eigenvalue weighted by atomic mass is 9.89. The molecule has 5 N–H and O–H groups in total. The maximum atomic E-state index is 14.4. The van der Waals surface area contributed by atoms with E-state index in [4.69, 9.17) is 5.73 Å². The molecule has 0 aliphatic rings. The molecule has 0 aliphatic heterocycles. The molecule has 2 amide bonds. The number of rotatable bonds is 14. The molecule has 228 valence electrons. The van der Waals surface area contributed by atoms with Crippen molar-refractivity contribution in [2.75, 3.05) is 19.6 Å². The second-order valence-electron chi connectivity index (χ2n) is 9.58. The summed E-state index contributed by atoms with van der Waals surface area (Å²) in [6.07, 6.45) is 1.89. The number of hydrogen-bond acceptors (Lipinski definition) is 4. The zero-order valence-electron chi connectivity index (χ0n) is 24.2. The van der Waals surface area contributed by atoms with Crippen LogP contribution in [0.4, 0.5) is 0 Å². The van der Waals surface area contributed by atoms with Crippen LogP contribution in [-0.4, -0.2) is 53.5 Å². The number of aliphatic imine (C=N–C) groups is 1. The molecule has 0 spiro atoms. The van der Waals surface area contributed by atoms with Gasteiger partial charge in [0.1, 0.15) is 11.8 Å². The highest BCUT2D eigenvalue weighted by Crippen LogP contribution is 2.29. The zero-order valence-corrected chi connectivity index (χ0v) is 28.9. The number of benzene rings is 3. The Labute approximate surface area is 283 Å². The van der Waals surface area contributed by atoms with Crippen LogP contribution in [0.2, 0.25) is 0 Å². The van der Waals surface area contributed by atoms with Crippen LogP contribution < -0.4 is 16.4 Å². The number of phenols is 1. The van der Waals surface area contributed by atoms with Crippen molar-refractivity contribution < 1.29 is 14.7 Å². The van der Waals surface area contributed by atoms with Crippen molar-refractivity contribution in [2.24, 2.45) is 10.7 Å². The van der Waals surface area contributed by atoms with Crippen molar-refractivity contribution in [3.63, 3.8) is 0 Å². The molecule has 0 bridgehead atoms. The summed E-state index contributed by atoms with van der Waals surface area (Å²) >= 11 is 0. The molecule has 8 nitrogen and oxygen atoms in total. The van der Waals surface area contributed by atoms with Gasteiger partial charge in [0.05, 0.1) is 5.92 Å². The van der Waals surface area contributed by atoms with E-state index in [1.807, 2.05) is 74.5 Å². The van der Waals surface area contributed by atoms with Crippen LogP contribution in [0.1, 0.15) is 55.7 Å². The third-order valence-electron chi connectivity index (χ3n) is 6.65. The van der Waals surface area contributed by atoms with Gasteiger partial charge in [0.2, 0.25) is 11.8 Å². The Morgan fingerprint density at radius 3 is 1.93 bits per heavy atom. The lowest BCUT2D eigenvalue weighted by Gasteiger charge is -2.33. The highest BCUT2D eigenvalue weighted by Gasteiger charge is 2.34. The number of aromatic hydroxyl groups is 1. The molecule has 0 unspecified atom stereocenters. The SMILES string of the molecule is CCN=C(NCC)NCCCC[C@H](C(N)=O)N(Cc1ccc(O)cc1)C(=O)C(c1ccccc1)c1ccccc1.I.I. The number of carbonyl (C=O) groups is 2. The van der Waals surface area contributed by atoms with Gasteiger partial charge in [-0.2, -0.15) is 0 Å². The summed E-state index contributed by atoms with van der Waals surface area (Å²) < 4.78 is 0. The Morgan fingerprint density at radius 1 is 0.857 bits per heavy atom. The summed E-state index contributed by atoms with van der Waals surface area (Å²) in [7, 11) is 0. The molecule has 0 radical (unpaired) electrons. The summed E-state index contributed by atoms with van der Waals surface area (Å²) in [5, 5.41) is 16.3. The fourth-order valence-corrected chi connectivity index (χ4v) is 4.70. The van der Waals surface area contributed by atoms with Crippen LogP contribution in [0.15, 0.2) is 89.9 Å². The molecule has 3 rings (SSSR count). The number of nitrogens with two attached hydrogens (primary N) is 1. The highest BCUT2D eigenvalue weighted by molar-refractivity contribution is 14.0. The number of unbranched alkanes of at least 4 members (excludes halogenated alkanes) is 1. The van der Waals surface area contributed by atoms with E-state index in [0.717, 1.165) is 35.6 Å². The van der Waals surface area contributed by atoms with E-state index in [1.54, 1.807) is 29.2 Å². The number of phenolic OH excluding ortho intramolecular Hbond substituents is 1. The molecule has 0 aromatic heterocycles. The largest absolute Gasteiger partial charge is 0.508 e. The molecule has 0 aliphatic carbocycles. The van der Waals surface area contributed by atoms with Gasteiger partial charge < -0.3 is 26.4 Å². The number of nitrogens with one attached hydrogen (secondary N) is 2. The number of nitrogens with zero attached hydrogens (tertiary/aromatic N) is 2. The molecule has 0 saturated carbocycles. The monoisotopic (exact) mass is 799 g/mol. The van der Waals surface area contributed by atoms with Gasteiger partial charge in [-0.25, -0.2) is 0 Å². The average molecular weight is 800 g/mol. The number of amides is 2. The summed E-state index contributed by atoms with van der Waals surface area (Å²) in [6, 6.07) is 25.0. The Hall–Kier alpha value is -2.87. The number of guanidine groups is 1. The zero-order chi connectivity index (χ0) is 28.7. The van der Waals surface area contributed by atoms with E-state index >= 15 is 0 Å². The molecule has 0 heterocycles. The van der Waals surface area contributed by atoms with Gasteiger partial charge in [0, 0.05) is 26.2 Å². The number of primary amides is 1. The topological polar surface area (TPSA) is 120 Å². The van der Waals surface area contributed by atoms with Crippen molar-refractivity contribution in [1.82, 2.24) is 15.5 Å². The molecule has 0 fully saturated rings. The molecule has 3 aromatic rings. The summed E-state index contributed by atoms with van der Waals surface area (Å²) in [4.78, 5) is 33.3. The van der Waals surface area contributed by atoms with E-state index in [1.165, 1.54) is 0 Å². The first-order chi connectivity index (χ1) is 19.4. The van der Waals surface area contributed by atoms with Crippen molar-refractivity contribution >= 4 is 65.7 Å². The Balaban J connectivity index is 0.00000441. The third kappa shape index (κ3) is 11.4. The second kappa shape index (κ2) is 20.1. The minimum atomic E-state index is -0.797. The predicted molar refractivity (Wildman–Crippen MR) is 191 cm³/mol. The normalized spacial score (nSPS) is 11.5. The van der Waals surface area contributed by atoms with Crippen molar-refractivity contribution in [3.05, 3.63) is 102 Å². The van der Waals surface area contributed by atoms with E-state index < -0.39 is 17.9 Å². The van der Waals surface area contributed by atoms with Gasteiger partial charge in [-0.15, -0.1) is 48.0 Å². The first-order valence-corrected chi connectivity index (χ1v) is 13.9. The average Bonchev–Trinajstić information content (AvgIpc) is 2.96. The standard InChI is InChI=1S/C32H41N5O3.2HI/c1-3-34-32(35-4-2)36-22-12-11-17-28(30(33)39)37(23-24-18-20-27(38)21-19-24)31(40)29(25-13-7-5-8-14-25)26-15-9-6-10-16-26;;/h5-10,13-16,18-21,28-29,38H,3-4,11-12,17,22-23H2,1-2H3,(H2,33,39)(H2,34,35,36);2*1H/t28-;;/m1../s1. The highest BCUT2D eigenvalue weighted by atomic mass is 127. The molecular weight excluding hydrogens is 756 g/mol. The molecule has 0 saturated heterocycles. The fourth-order valence-electron chi connectivity index (χ4n) is 4.70. The molecular formula is C32H43I2N5O3. The number of hydrogen-bond donors (Lipinski definition) is 4. The van der Waals surface area contributed by atoms with E-state index in [9.17, 15) is 14.7 Å². The maximum absolute atomic E-state index is 14.4. The van der Waals surface area contributed by atoms with Gasteiger partial charge in [0.25, 0.3) is 0 Å². The number of carbonyl (C=O) groups excluding carboxylic acids is 2. The van der Waals surface area contributed by atoms with Crippen LogP contribution in [-0.2, 0) is 16.1 Å². The van der Waals surface area contributed by atoms with Crippen LogP contribution in [0.3, 0.4) is 0 Å². The minimum absolute atomic E-state index is 0. The lowest BCUT2D eigenvalue weighted by molar-refractivity contribution is -0.141. The quantitative estimate of drug-likeness (QED) is 0.0756. The molecule has 1 atom stereocenters. The molecule has 10 heteroatoms. The van der Waals surface area contributed by atoms with E-state index in [0.29, 0.717) is 25.9 Å². The summed E-state index contributed by atoms with van der Waals surface area (Å²) in [5.41, 5.74) is 8.43. The Bertz CT molecular complexity index is 1190. The van der Waals surface area contributed by atoms with E-state index in [2.05, 4.69) is 15.6 Å². The second-order valence-corrected chi connectivity index (χ2v) is 9.58. The Kier molecular flexibility index (Phi) is 17.8. The van der Waals surface area contributed by atoms with Crippen LogP contribution in [0.5, 0.6) is 5.75 Å². The van der Waals surface area contributed by atoms with Gasteiger partial charge >= 0.3 is 0 Å². The van der Waals surface area contributed by atoms with Gasteiger partial charge in [-0.3, -0.25) is 14.6 Å². The van der Waals surface area contributed by atoms with Crippen LogP contribution in [0.25, 0.3) is 0 Å². The predicted octanol–water partition coefficient (Wildman–Crippen LogP) is 5.39. The summed E-state index contributed by atoms with van der Waals surface area (Å²) in [6.45, 7) is 6.32. The lowest BCUT2D eigenvalue weighted by Crippen LogP contribution is -2.49. The van der Waals surface area contributed by atoms with Gasteiger partial charge in [-0.05, 0) is 61.9 Å². The van der Waals surface area contributed by atoms with Gasteiger partial charge in [-0.1, -0.05) is 72.8 Å². The number of halogens is 2. The smallest absolute Gasteiger partial charge is 0.240 e. The van der Waals surface area contributed by atoms with Crippen LogP contribution >= 0.6 is 48.0 Å². The Morgan fingerprint density at radius 2 is 1.43 bits per heavy atom. The third-order valence-corrected chi connectivity index (χ3v) is 6.65. The van der Waals surface area contributed by atoms with Gasteiger partial charge in [0.15, 0.2) is 5.96 Å². The maximum Gasteiger partial charge on any atom is 0.240 e. The first kappa shape index (κ1) is 37.2. The van der Waals surface area contributed by atoms with Crippen molar-refractivity contribution in [3.8, 4) is 5.75 Å².